The number of aromatic nitrogens is 2. The monoisotopic (exact) mass is 385 g/mol. The van der Waals surface area contributed by atoms with E-state index in [1.165, 1.54) is 7.11 Å². The number of aryl methyl sites for hydroxylation is 2. The summed E-state index contributed by atoms with van der Waals surface area (Å²) in [6.45, 7) is 9.06. The molecule has 0 saturated heterocycles. The van der Waals surface area contributed by atoms with Crippen molar-refractivity contribution >= 4 is 5.71 Å². The topological polar surface area (TPSA) is 75.1 Å². The Hall–Kier alpha value is -3.09. The van der Waals surface area contributed by atoms with Crippen molar-refractivity contribution in [3.05, 3.63) is 53.4 Å². The van der Waals surface area contributed by atoms with Gasteiger partial charge in [0, 0.05) is 18.0 Å². The van der Waals surface area contributed by atoms with Crippen LogP contribution in [0.4, 0.5) is 0 Å². The predicted molar refractivity (Wildman–Crippen MR) is 108 cm³/mol. The normalized spacial score (nSPS) is 11.5. The minimum Gasteiger partial charge on any atom is -0.490 e. The molecule has 0 radical (unpaired) electrons. The number of allylic oxidation sites excluding steroid dienone is 1. The van der Waals surface area contributed by atoms with Gasteiger partial charge in [0.05, 0.1) is 5.71 Å². The highest BCUT2D eigenvalue weighted by Crippen LogP contribution is 2.28. The van der Waals surface area contributed by atoms with Crippen molar-refractivity contribution in [3.8, 4) is 17.5 Å². The van der Waals surface area contributed by atoms with Crippen molar-refractivity contribution in [2.75, 3.05) is 26.9 Å². The van der Waals surface area contributed by atoms with E-state index in [1.54, 1.807) is 12.4 Å². The second-order valence-electron chi connectivity index (χ2n) is 6.08. The molecule has 0 fully saturated rings. The van der Waals surface area contributed by atoms with Gasteiger partial charge in [-0.3, -0.25) is 0 Å². The van der Waals surface area contributed by atoms with Gasteiger partial charge in [-0.2, -0.15) is 0 Å². The second-order valence-corrected chi connectivity index (χ2v) is 6.08. The van der Waals surface area contributed by atoms with Crippen LogP contribution in [-0.4, -0.2) is 42.6 Å². The van der Waals surface area contributed by atoms with Crippen LogP contribution in [0.2, 0.25) is 0 Å². The Morgan fingerprint density at radius 2 is 1.68 bits per heavy atom. The molecule has 0 spiro atoms. The van der Waals surface area contributed by atoms with Crippen LogP contribution in [0.1, 0.15) is 30.5 Å². The van der Waals surface area contributed by atoms with Gasteiger partial charge >= 0.3 is 6.01 Å². The van der Waals surface area contributed by atoms with E-state index in [0.29, 0.717) is 31.5 Å². The minimum atomic E-state index is 0.290. The maximum absolute atomic E-state index is 5.88. The molecule has 0 N–H and O–H groups in total. The van der Waals surface area contributed by atoms with Crippen molar-refractivity contribution in [1.82, 2.24) is 9.97 Å². The summed E-state index contributed by atoms with van der Waals surface area (Å²) in [7, 11) is 1.50. The van der Waals surface area contributed by atoms with Crippen molar-refractivity contribution in [1.29, 1.82) is 0 Å². The van der Waals surface area contributed by atoms with Crippen LogP contribution in [0.5, 0.6) is 17.5 Å². The molecule has 0 amide bonds. The molecule has 2 rings (SSSR count). The number of nitrogens with zero attached hydrogens (tertiary/aromatic N) is 3. The van der Waals surface area contributed by atoms with Gasteiger partial charge in [-0.1, -0.05) is 17.3 Å². The number of ether oxygens (including phenoxy) is 3. The zero-order valence-electron chi connectivity index (χ0n) is 17.1. The number of rotatable bonds is 10. The largest absolute Gasteiger partial charge is 0.490 e. The third-order valence-electron chi connectivity index (χ3n) is 3.85. The molecule has 7 nitrogen and oxygen atoms in total. The van der Waals surface area contributed by atoms with E-state index < -0.39 is 0 Å². The Labute approximate surface area is 166 Å². The van der Waals surface area contributed by atoms with E-state index in [9.17, 15) is 0 Å². The predicted octanol–water partition coefficient (Wildman–Crippen LogP) is 3.88. The number of benzene rings is 1. The fourth-order valence-corrected chi connectivity index (χ4v) is 2.51. The Balaban J connectivity index is 1.85. The standard InChI is InChI=1S/C21H27N3O4/c1-6-7-8-26-19-11-15(2)20(16(3)12-19)27-9-10-28-21-22-13-18(14-23-21)17(4)24-25-5/h6-7,11-14H,8-10H2,1-5H3/b7-6+,24-17?. The molecule has 0 aliphatic heterocycles. The number of hydrogen-bond acceptors (Lipinski definition) is 7. The molecular weight excluding hydrogens is 358 g/mol. The first-order chi connectivity index (χ1) is 13.5. The molecule has 0 saturated carbocycles. The first-order valence-corrected chi connectivity index (χ1v) is 9.06. The van der Waals surface area contributed by atoms with Crippen LogP contribution in [-0.2, 0) is 4.84 Å². The maximum atomic E-state index is 5.88. The summed E-state index contributed by atoms with van der Waals surface area (Å²) in [5.74, 6) is 1.67. The molecule has 7 heteroatoms. The third-order valence-corrected chi connectivity index (χ3v) is 3.85. The van der Waals surface area contributed by atoms with Crippen LogP contribution < -0.4 is 14.2 Å². The zero-order chi connectivity index (χ0) is 20.4. The highest BCUT2D eigenvalue weighted by atomic mass is 16.6. The molecule has 0 aliphatic rings. The minimum absolute atomic E-state index is 0.290. The zero-order valence-corrected chi connectivity index (χ0v) is 17.1. The lowest BCUT2D eigenvalue weighted by Crippen LogP contribution is -2.12. The van der Waals surface area contributed by atoms with Crippen LogP contribution in [0.15, 0.2) is 41.8 Å². The second kappa shape index (κ2) is 10.9. The van der Waals surface area contributed by atoms with E-state index in [1.807, 2.05) is 52.0 Å². The van der Waals surface area contributed by atoms with Gasteiger partial charge in [-0.15, -0.1) is 0 Å². The van der Waals surface area contributed by atoms with Gasteiger partial charge in [0.15, 0.2) is 0 Å². The lowest BCUT2D eigenvalue weighted by Gasteiger charge is -2.14. The van der Waals surface area contributed by atoms with Crippen molar-refractivity contribution < 1.29 is 19.0 Å². The quantitative estimate of drug-likeness (QED) is 0.267. The van der Waals surface area contributed by atoms with Crippen LogP contribution in [0, 0.1) is 13.8 Å². The molecule has 1 aromatic heterocycles. The molecule has 0 aliphatic carbocycles. The lowest BCUT2D eigenvalue weighted by atomic mass is 10.1. The molecule has 0 unspecified atom stereocenters. The molecule has 150 valence electrons. The van der Waals surface area contributed by atoms with Crippen LogP contribution in [0.3, 0.4) is 0 Å². The van der Waals surface area contributed by atoms with Crippen LogP contribution >= 0.6 is 0 Å². The Kier molecular flexibility index (Phi) is 8.27. The van der Waals surface area contributed by atoms with Gasteiger partial charge in [0.2, 0.25) is 0 Å². The molecule has 1 aromatic carbocycles. The number of oxime groups is 1. The average molecular weight is 385 g/mol. The lowest BCUT2D eigenvalue weighted by molar-refractivity contribution is 0.204. The van der Waals surface area contributed by atoms with Crippen molar-refractivity contribution in [2.45, 2.75) is 27.7 Å². The van der Waals surface area contributed by atoms with Gasteiger partial charge in [-0.25, -0.2) is 9.97 Å². The summed E-state index contributed by atoms with van der Waals surface area (Å²) >= 11 is 0. The summed E-state index contributed by atoms with van der Waals surface area (Å²) in [5, 5.41) is 3.84. The summed E-state index contributed by atoms with van der Waals surface area (Å²) in [6.07, 6.45) is 7.21. The molecule has 0 atom stereocenters. The summed E-state index contributed by atoms with van der Waals surface area (Å²) in [6, 6.07) is 4.23. The molecule has 0 bridgehead atoms. The first kappa shape index (κ1) is 21.2. The van der Waals surface area contributed by atoms with E-state index in [0.717, 1.165) is 28.2 Å². The SMILES string of the molecule is C/C=C/COc1cc(C)c(OCCOc2ncc(C(C)=NOC)cn2)c(C)c1. The van der Waals surface area contributed by atoms with E-state index >= 15 is 0 Å². The number of hydrogen-bond donors (Lipinski definition) is 0. The Morgan fingerprint density at radius 1 is 1.04 bits per heavy atom. The molecular formula is C21H27N3O4. The third kappa shape index (κ3) is 6.26. The first-order valence-electron chi connectivity index (χ1n) is 9.06. The summed E-state index contributed by atoms with van der Waals surface area (Å²) in [4.78, 5) is 13.1. The fraction of sp³-hybridized carbons (Fsp3) is 0.381. The van der Waals surface area contributed by atoms with Gasteiger partial charge < -0.3 is 19.0 Å². The van der Waals surface area contributed by atoms with Crippen molar-refractivity contribution in [2.24, 2.45) is 5.16 Å². The van der Waals surface area contributed by atoms with E-state index in [4.69, 9.17) is 19.0 Å². The smallest absolute Gasteiger partial charge is 0.316 e. The van der Waals surface area contributed by atoms with E-state index in [2.05, 4.69) is 15.1 Å². The van der Waals surface area contributed by atoms with Crippen molar-refractivity contribution in [3.63, 3.8) is 0 Å². The van der Waals surface area contributed by atoms with Gasteiger partial charge in [0.25, 0.3) is 0 Å². The molecule has 2 aromatic rings. The molecule has 28 heavy (non-hydrogen) atoms. The average Bonchev–Trinajstić information content (AvgIpc) is 2.67. The van der Waals surface area contributed by atoms with Gasteiger partial charge in [0.1, 0.15) is 38.4 Å². The van der Waals surface area contributed by atoms with Crippen LogP contribution in [0.25, 0.3) is 0 Å². The fourth-order valence-electron chi connectivity index (χ4n) is 2.51. The van der Waals surface area contributed by atoms with E-state index in [-0.39, 0.29) is 0 Å². The Bertz CT molecular complexity index is 794. The van der Waals surface area contributed by atoms with Gasteiger partial charge in [-0.05, 0) is 51.0 Å². The molecule has 1 heterocycles. The summed E-state index contributed by atoms with van der Waals surface area (Å²) < 4.78 is 17.1. The highest BCUT2D eigenvalue weighted by Gasteiger charge is 2.08. The summed E-state index contributed by atoms with van der Waals surface area (Å²) in [5.41, 5.74) is 3.50. The Morgan fingerprint density at radius 3 is 2.29 bits per heavy atom. The maximum Gasteiger partial charge on any atom is 0.316 e. The highest BCUT2D eigenvalue weighted by molar-refractivity contribution is 5.97.